The smallest absolute Gasteiger partial charge is 0.251 e. The Bertz CT molecular complexity index is 494. The number of hydrogen-bond acceptors (Lipinski definition) is 3. The van der Waals surface area contributed by atoms with Gasteiger partial charge in [0.2, 0.25) is 0 Å². The summed E-state index contributed by atoms with van der Waals surface area (Å²) < 4.78 is 22.4. The van der Waals surface area contributed by atoms with Gasteiger partial charge in [-0.25, -0.2) is 8.42 Å². The van der Waals surface area contributed by atoms with E-state index < -0.39 is 9.84 Å². The molecule has 0 saturated heterocycles. The lowest BCUT2D eigenvalue weighted by Crippen LogP contribution is -2.28. The summed E-state index contributed by atoms with van der Waals surface area (Å²) >= 11 is 5.70. The van der Waals surface area contributed by atoms with Crippen molar-refractivity contribution in [2.45, 2.75) is 17.2 Å². The van der Waals surface area contributed by atoms with Gasteiger partial charge in [0.1, 0.15) is 0 Å². The molecule has 0 aromatic heterocycles. The van der Waals surface area contributed by atoms with Crippen LogP contribution in [0.2, 0.25) is 0 Å². The fraction of sp³-hybridized carbons (Fsp3) is 0.364. The minimum absolute atomic E-state index is 0.144. The molecule has 0 aliphatic heterocycles. The Balaban J connectivity index is 2.78. The molecule has 4 nitrogen and oxygen atoms in total. The maximum atomic E-state index is 11.6. The largest absolute Gasteiger partial charge is 0.351 e. The molecule has 0 bridgehead atoms. The van der Waals surface area contributed by atoms with Crippen LogP contribution >= 0.6 is 11.6 Å². The summed E-state index contributed by atoms with van der Waals surface area (Å²) in [5.74, 6) is -0.266. The van der Waals surface area contributed by atoms with Crippen LogP contribution in [0.3, 0.4) is 0 Å². The summed E-state index contributed by atoms with van der Waals surface area (Å²) in [6.45, 7) is 2.14. The second kappa shape index (κ2) is 5.51. The summed E-state index contributed by atoms with van der Waals surface area (Å²) in [6, 6.07) is 5.78. The SMILES string of the molecule is CC(Cl)CNC(=O)c1ccc(S(C)(=O)=O)cc1. The highest BCUT2D eigenvalue weighted by atomic mass is 35.5. The number of halogens is 1. The molecule has 0 radical (unpaired) electrons. The first-order valence-electron chi connectivity index (χ1n) is 5.03. The molecule has 0 heterocycles. The molecule has 0 aliphatic rings. The van der Waals surface area contributed by atoms with Crippen molar-refractivity contribution in [2.75, 3.05) is 12.8 Å². The Hall–Kier alpha value is -1.07. The van der Waals surface area contributed by atoms with Crippen LogP contribution in [0.15, 0.2) is 29.2 Å². The fourth-order valence-electron chi connectivity index (χ4n) is 1.19. The summed E-state index contributed by atoms with van der Waals surface area (Å²) in [5, 5.41) is 2.49. The van der Waals surface area contributed by atoms with Gasteiger partial charge in [-0.1, -0.05) is 0 Å². The summed E-state index contributed by atoms with van der Waals surface area (Å²) in [4.78, 5) is 11.8. The number of carbonyl (C=O) groups excluding carboxylic acids is 1. The zero-order valence-corrected chi connectivity index (χ0v) is 11.2. The van der Waals surface area contributed by atoms with Crippen molar-refractivity contribution in [1.29, 1.82) is 0 Å². The highest BCUT2D eigenvalue weighted by Crippen LogP contribution is 2.10. The Morgan fingerprint density at radius 3 is 2.29 bits per heavy atom. The maximum Gasteiger partial charge on any atom is 0.251 e. The monoisotopic (exact) mass is 275 g/mol. The highest BCUT2D eigenvalue weighted by Gasteiger charge is 2.10. The van der Waals surface area contributed by atoms with E-state index in [2.05, 4.69) is 5.32 Å². The third-order valence-electron chi connectivity index (χ3n) is 2.09. The Morgan fingerprint density at radius 1 is 1.35 bits per heavy atom. The van der Waals surface area contributed by atoms with E-state index in [9.17, 15) is 13.2 Å². The van der Waals surface area contributed by atoms with Crippen molar-refractivity contribution in [3.05, 3.63) is 29.8 Å². The molecule has 1 rings (SSSR count). The zero-order valence-electron chi connectivity index (χ0n) is 9.60. The first-order valence-corrected chi connectivity index (χ1v) is 7.36. The van der Waals surface area contributed by atoms with Crippen molar-refractivity contribution >= 4 is 27.3 Å². The second-order valence-electron chi connectivity index (χ2n) is 3.79. The van der Waals surface area contributed by atoms with Crippen molar-refractivity contribution in [3.8, 4) is 0 Å². The van der Waals surface area contributed by atoms with E-state index in [4.69, 9.17) is 11.6 Å². The van der Waals surface area contributed by atoms with E-state index in [-0.39, 0.29) is 16.2 Å². The number of rotatable bonds is 4. The normalized spacial score (nSPS) is 13.1. The molecular formula is C11H14ClNO3S. The van der Waals surface area contributed by atoms with Crippen LogP contribution in [0.5, 0.6) is 0 Å². The number of amides is 1. The quantitative estimate of drug-likeness (QED) is 0.846. The predicted molar refractivity (Wildman–Crippen MR) is 67.2 cm³/mol. The topological polar surface area (TPSA) is 63.2 Å². The summed E-state index contributed by atoms with van der Waals surface area (Å²) in [6.07, 6.45) is 1.12. The van der Waals surface area contributed by atoms with Gasteiger partial charge in [0.05, 0.1) is 4.90 Å². The molecule has 94 valence electrons. The molecule has 1 aromatic carbocycles. The highest BCUT2D eigenvalue weighted by molar-refractivity contribution is 7.90. The van der Waals surface area contributed by atoms with Crippen molar-refractivity contribution in [2.24, 2.45) is 0 Å². The van der Waals surface area contributed by atoms with Crippen LogP contribution in [-0.4, -0.2) is 32.5 Å². The van der Waals surface area contributed by atoms with Crippen molar-refractivity contribution in [3.63, 3.8) is 0 Å². The van der Waals surface area contributed by atoms with Crippen LogP contribution in [-0.2, 0) is 9.84 Å². The molecule has 0 saturated carbocycles. The van der Waals surface area contributed by atoms with Gasteiger partial charge in [0.25, 0.3) is 5.91 Å². The van der Waals surface area contributed by atoms with Gasteiger partial charge < -0.3 is 5.32 Å². The number of nitrogens with one attached hydrogen (secondary N) is 1. The summed E-state index contributed by atoms with van der Waals surface area (Å²) in [5.41, 5.74) is 0.412. The Kier molecular flexibility index (Phi) is 4.54. The third-order valence-corrected chi connectivity index (χ3v) is 3.37. The van der Waals surface area contributed by atoms with Gasteiger partial charge in [-0.3, -0.25) is 4.79 Å². The molecule has 1 amide bonds. The average Bonchev–Trinajstić information content (AvgIpc) is 2.25. The van der Waals surface area contributed by atoms with E-state index in [1.165, 1.54) is 24.3 Å². The van der Waals surface area contributed by atoms with Crippen LogP contribution in [0.4, 0.5) is 0 Å². The van der Waals surface area contributed by atoms with E-state index in [0.717, 1.165) is 6.26 Å². The van der Waals surface area contributed by atoms with Gasteiger partial charge in [0.15, 0.2) is 9.84 Å². The molecule has 1 aromatic rings. The minimum atomic E-state index is -3.22. The summed E-state index contributed by atoms with van der Waals surface area (Å²) in [7, 11) is -3.22. The maximum absolute atomic E-state index is 11.6. The van der Waals surface area contributed by atoms with Crippen LogP contribution in [0.25, 0.3) is 0 Å². The van der Waals surface area contributed by atoms with Crippen molar-refractivity contribution in [1.82, 2.24) is 5.32 Å². The number of benzene rings is 1. The van der Waals surface area contributed by atoms with Gasteiger partial charge >= 0.3 is 0 Å². The molecule has 6 heteroatoms. The number of sulfone groups is 1. The Labute approximate surface area is 106 Å². The molecule has 1 atom stereocenters. The van der Waals surface area contributed by atoms with Crippen LogP contribution in [0, 0.1) is 0 Å². The lowest BCUT2D eigenvalue weighted by Gasteiger charge is -2.06. The minimum Gasteiger partial charge on any atom is -0.351 e. The van der Waals surface area contributed by atoms with Gasteiger partial charge in [-0.15, -0.1) is 11.6 Å². The van der Waals surface area contributed by atoms with E-state index >= 15 is 0 Å². The first-order chi connectivity index (χ1) is 7.80. The van der Waals surface area contributed by atoms with Crippen LogP contribution in [0.1, 0.15) is 17.3 Å². The van der Waals surface area contributed by atoms with Gasteiger partial charge in [-0.2, -0.15) is 0 Å². The average molecular weight is 276 g/mol. The lowest BCUT2D eigenvalue weighted by atomic mass is 10.2. The molecular weight excluding hydrogens is 262 g/mol. The fourth-order valence-corrected chi connectivity index (χ4v) is 1.90. The Morgan fingerprint density at radius 2 is 1.88 bits per heavy atom. The van der Waals surface area contributed by atoms with Gasteiger partial charge in [0, 0.05) is 23.7 Å². The lowest BCUT2D eigenvalue weighted by molar-refractivity contribution is 0.0954. The number of hydrogen-bond donors (Lipinski definition) is 1. The van der Waals surface area contributed by atoms with Gasteiger partial charge in [-0.05, 0) is 31.2 Å². The van der Waals surface area contributed by atoms with E-state index in [0.29, 0.717) is 12.1 Å². The number of alkyl halides is 1. The van der Waals surface area contributed by atoms with Crippen molar-refractivity contribution < 1.29 is 13.2 Å². The molecule has 0 aliphatic carbocycles. The molecule has 0 spiro atoms. The molecule has 1 N–H and O–H groups in total. The zero-order chi connectivity index (χ0) is 13.1. The standard InChI is InChI=1S/C11H14ClNO3S/c1-8(12)7-13-11(14)9-3-5-10(6-4-9)17(2,15)16/h3-6,8H,7H2,1-2H3,(H,13,14). The van der Waals surface area contributed by atoms with E-state index in [1.54, 1.807) is 6.92 Å². The molecule has 0 fully saturated rings. The first kappa shape index (κ1) is 14.0. The van der Waals surface area contributed by atoms with Crippen LogP contribution < -0.4 is 5.32 Å². The predicted octanol–water partition coefficient (Wildman–Crippen LogP) is 1.45. The van der Waals surface area contributed by atoms with E-state index in [1.807, 2.05) is 0 Å². The molecule has 17 heavy (non-hydrogen) atoms. The third kappa shape index (κ3) is 4.36. The number of carbonyl (C=O) groups is 1. The second-order valence-corrected chi connectivity index (χ2v) is 6.55. The molecule has 1 unspecified atom stereocenters.